The van der Waals surface area contributed by atoms with Crippen LogP contribution in [0.4, 0.5) is 17.1 Å². The standard InChI is InChI=1S/C56H42N2/c1-37-53(54(40-18-8-5-9-19-40)55-49-23-11-10-20-45(49)48-22-13-15-25-52(48)57(37)55)41-28-32-43(33-29-41)58(42-30-26-39(27-31-42)38-16-6-4-7-17-38)44-34-35-47-46-21-12-14-24-50(46)56(2,3)51(47)36-44/h4-36H,1-3H3. The third-order valence-corrected chi connectivity index (χ3v) is 12.6. The molecular formula is C56H42N2. The second kappa shape index (κ2) is 13.2. The van der Waals surface area contributed by atoms with Gasteiger partial charge in [0.05, 0.1) is 11.0 Å². The van der Waals surface area contributed by atoms with E-state index in [0.29, 0.717) is 0 Å². The summed E-state index contributed by atoms with van der Waals surface area (Å²) in [6.45, 7) is 7.00. The lowest BCUT2D eigenvalue weighted by atomic mass is 9.82. The normalized spacial score (nSPS) is 12.9. The van der Waals surface area contributed by atoms with Gasteiger partial charge in [0.15, 0.2) is 0 Å². The molecule has 1 aliphatic carbocycles. The molecule has 11 rings (SSSR count). The fraction of sp³-hybridized carbons (Fsp3) is 0.0714. The minimum absolute atomic E-state index is 0.105. The highest BCUT2D eigenvalue weighted by Crippen LogP contribution is 2.51. The molecule has 0 unspecified atom stereocenters. The van der Waals surface area contributed by atoms with Crippen molar-refractivity contribution in [3.05, 3.63) is 217 Å². The molecule has 10 aromatic rings. The van der Waals surface area contributed by atoms with Crippen LogP contribution in [0.3, 0.4) is 0 Å². The summed E-state index contributed by atoms with van der Waals surface area (Å²) in [7, 11) is 0. The first-order valence-corrected chi connectivity index (χ1v) is 20.3. The van der Waals surface area contributed by atoms with Crippen molar-refractivity contribution in [1.29, 1.82) is 0 Å². The molecule has 2 heterocycles. The summed E-state index contributed by atoms with van der Waals surface area (Å²) < 4.78 is 2.49. The number of nitrogens with zero attached hydrogens (tertiary/aromatic N) is 2. The molecule has 0 fully saturated rings. The molecule has 2 nitrogen and oxygen atoms in total. The molecule has 58 heavy (non-hydrogen) atoms. The average molecular weight is 743 g/mol. The first kappa shape index (κ1) is 34.1. The van der Waals surface area contributed by atoms with E-state index in [1.807, 2.05) is 0 Å². The van der Waals surface area contributed by atoms with Gasteiger partial charge in [0.25, 0.3) is 0 Å². The smallest absolute Gasteiger partial charge is 0.0622 e. The van der Waals surface area contributed by atoms with Gasteiger partial charge in [-0.15, -0.1) is 0 Å². The highest BCUT2D eigenvalue weighted by Gasteiger charge is 2.35. The molecule has 276 valence electrons. The van der Waals surface area contributed by atoms with Crippen molar-refractivity contribution in [2.75, 3.05) is 4.90 Å². The van der Waals surface area contributed by atoms with Crippen molar-refractivity contribution in [3.63, 3.8) is 0 Å². The quantitative estimate of drug-likeness (QED) is 0.154. The zero-order chi connectivity index (χ0) is 39.0. The SMILES string of the molecule is Cc1c(-c2ccc(N(c3ccc(-c4ccccc4)cc3)c3ccc4c(c3)C(C)(C)c3ccccc3-4)cc2)c(-c2ccccc2)c2c3ccccc3c3ccccc3n12. The zero-order valence-corrected chi connectivity index (χ0v) is 32.9. The highest BCUT2D eigenvalue weighted by atomic mass is 15.1. The summed E-state index contributed by atoms with van der Waals surface area (Å²) in [4.78, 5) is 2.42. The molecule has 0 amide bonds. The van der Waals surface area contributed by atoms with Gasteiger partial charge in [0.1, 0.15) is 0 Å². The predicted octanol–water partition coefficient (Wildman–Crippen LogP) is 15.3. The molecule has 0 aliphatic heterocycles. The molecule has 2 aromatic heterocycles. The maximum absolute atomic E-state index is 2.49. The number of anilines is 3. The lowest BCUT2D eigenvalue weighted by Crippen LogP contribution is -2.16. The van der Waals surface area contributed by atoms with Crippen LogP contribution < -0.4 is 4.90 Å². The van der Waals surface area contributed by atoms with Gasteiger partial charge in [-0.05, 0) is 99.3 Å². The van der Waals surface area contributed by atoms with E-state index >= 15 is 0 Å². The second-order valence-corrected chi connectivity index (χ2v) is 16.1. The van der Waals surface area contributed by atoms with Crippen LogP contribution in [-0.4, -0.2) is 4.40 Å². The number of rotatable bonds is 6. The summed E-state index contributed by atoms with van der Waals surface area (Å²) in [5, 5.41) is 3.80. The van der Waals surface area contributed by atoms with Crippen LogP contribution in [-0.2, 0) is 5.41 Å². The Morgan fingerprint density at radius 1 is 0.397 bits per heavy atom. The molecule has 0 saturated carbocycles. The van der Waals surface area contributed by atoms with E-state index in [-0.39, 0.29) is 5.41 Å². The Labute approximate surface area is 339 Å². The van der Waals surface area contributed by atoms with Gasteiger partial charge in [-0.25, -0.2) is 0 Å². The monoisotopic (exact) mass is 742 g/mol. The van der Waals surface area contributed by atoms with Crippen molar-refractivity contribution in [2.24, 2.45) is 0 Å². The predicted molar refractivity (Wildman–Crippen MR) is 246 cm³/mol. The fourth-order valence-electron chi connectivity index (χ4n) is 9.80. The number of pyridine rings is 1. The van der Waals surface area contributed by atoms with Crippen LogP contribution >= 0.6 is 0 Å². The van der Waals surface area contributed by atoms with Crippen LogP contribution in [0.25, 0.3) is 71.7 Å². The second-order valence-electron chi connectivity index (χ2n) is 16.1. The summed E-state index contributed by atoms with van der Waals surface area (Å²) in [6.07, 6.45) is 0. The van der Waals surface area contributed by atoms with Crippen LogP contribution in [0.1, 0.15) is 30.7 Å². The summed E-state index contributed by atoms with van der Waals surface area (Å²) in [6, 6.07) is 73.5. The van der Waals surface area contributed by atoms with Gasteiger partial charge in [-0.3, -0.25) is 0 Å². The van der Waals surface area contributed by atoms with Crippen molar-refractivity contribution in [2.45, 2.75) is 26.2 Å². The Bertz CT molecular complexity index is 3170. The van der Waals surface area contributed by atoms with Crippen LogP contribution in [0.15, 0.2) is 200 Å². The van der Waals surface area contributed by atoms with Crippen molar-refractivity contribution < 1.29 is 0 Å². The van der Waals surface area contributed by atoms with Crippen LogP contribution in [0, 0.1) is 6.92 Å². The molecule has 0 spiro atoms. The van der Waals surface area contributed by atoms with Gasteiger partial charge in [0, 0.05) is 50.1 Å². The summed E-state index contributed by atoms with van der Waals surface area (Å²) in [5.74, 6) is 0. The molecular weight excluding hydrogens is 701 g/mol. The highest BCUT2D eigenvalue weighted by molar-refractivity contribution is 6.18. The van der Waals surface area contributed by atoms with Gasteiger partial charge in [-0.1, -0.05) is 172 Å². The summed E-state index contributed by atoms with van der Waals surface area (Å²) in [5.41, 5.74) is 19.7. The molecule has 8 aromatic carbocycles. The minimum atomic E-state index is -0.105. The lowest BCUT2D eigenvalue weighted by Gasteiger charge is -2.28. The fourth-order valence-corrected chi connectivity index (χ4v) is 9.80. The van der Waals surface area contributed by atoms with Crippen molar-refractivity contribution >= 4 is 44.3 Å². The van der Waals surface area contributed by atoms with Crippen LogP contribution in [0.2, 0.25) is 0 Å². The van der Waals surface area contributed by atoms with Gasteiger partial charge in [0.2, 0.25) is 0 Å². The number of para-hydroxylation sites is 1. The average Bonchev–Trinajstić information content (AvgIpc) is 3.72. The number of benzene rings is 8. The van der Waals surface area contributed by atoms with Crippen LogP contribution in [0.5, 0.6) is 0 Å². The van der Waals surface area contributed by atoms with E-state index in [0.717, 1.165) is 17.1 Å². The molecule has 0 radical (unpaired) electrons. The van der Waals surface area contributed by atoms with E-state index in [2.05, 4.69) is 230 Å². The van der Waals surface area contributed by atoms with E-state index < -0.39 is 0 Å². The van der Waals surface area contributed by atoms with Gasteiger partial charge in [-0.2, -0.15) is 0 Å². The van der Waals surface area contributed by atoms with Crippen molar-refractivity contribution in [1.82, 2.24) is 4.40 Å². The molecule has 0 bridgehead atoms. The topological polar surface area (TPSA) is 7.65 Å². The van der Waals surface area contributed by atoms with Gasteiger partial charge >= 0.3 is 0 Å². The third kappa shape index (κ3) is 5.18. The molecule has 0 saturated heterocycles. The third-order valence-electron chi connectivity index (χ3n) is 12.6. The Morgan fingerprint density at radius 2 is 0.897 bits per heavy atom. The lowest BCUT2D eigenvalue weighted by molar-refractivity contribution is 0.660. The molecule has 2 heteroatoms. The Balaban J connectivity index is 1.10. The Kier molecular flexibility index (Phi) is 7.78. The maximum atomic E-state index is 2.49. The minimum Gasteiger partial charge on any atom is -0.312 e. The number of hydrogen-bond acceptors (Lipinski definition) is 1. The molecule has 1 aliphatic rings. The summed E-state index contributed by atoms with van der Waals surface area (Å²) >= 11 is 0. The van der Waals surface area contributed by atoms with E-state index in [1.54, 1.807) is 0 Å². The Morgan fingerprint density at radius 3 is 1.60 bits per heavy atom. The van der Waals surface area contributed by atoms with E-state index in [4.69, 9.17) is 0 Å². The first-order valence-electron chi connectivity index (χ1n) is 20.3. The van der Waals surface area contributed by atoms with Gasteiger partial charge < -0.3 is 9.30 Å². The largest absolute Gasteiger partial charge is 0.312 e. The Hall–Kier alpha value is -7.16. The zero-order valence-electron chi connectivity index (χ0n) is 32.9. The molecule has 0 N–H and O–H groups in total. The van der Waals surface area contributed by atoms with E-state index in [9.17, 15) is 0 Å². The number of aryl methyl sites for hydroxylation is 1. The number of aromatic nitrogens is 1. The first-order chi connectivity index (χ1) is 28.5. The number of hydrogen-bond donors (Lipinski definition) is 0. The number of fused-ring (bicyclic) bond motifs is 9. The van der Waals surface area contributed by atoms with Crippen molar-refractivity contribution in [3.8, 4) is 44.5 Å². The maximum Gasteiger partial charge on any atom is 0.0622 e. The van der Waals surface area contributed by atoms with E-state index in [1.165, 1.54) is 88.5 Å². The molecule has 0 atom stereocenters.